The Bertz CT molecular complexity index is 643. The van der Waals surface area contributed by atoms with Gasteiger partial charge in [0.15, 0.2) is 0 Å². The monoisotopic (exact) mass is 341 g/mol. The van der Waals surface area contributed by atoms with Gasteiger partial charge in [-0.25, -0.2) is 0 Å². The van der Waals surface area contributed by atoms with Gasteiger partial charge in [-0.2, -0.15) is 0 Å². The van der Waals surface area contributed by atoms with E-state index in [0.29, 0.717) is 18.4 Å². The Morgan fingerprint density at radius 2 is 1.88 bits per heavy atom. The molecule has 2 nitrogen and oxygen atoms in total. The highest BCUT2D eigenvalue weighted by Gasteiger charge is 2.26. The van der Waals surface area contributed by atoms with Crippen molar-refractivity contribution in [2.24, 2.45) is 0 Å². The van der Waals surface area contributed by atoms with Crippen molar-refractivity contribution in [3.05, 3.63) is 57.8 Å². The third-order valence-corrected chi connectivity index (χ3v) is 5.89. The minimum Gasteiger partial charge on any atom is -0.335 e. The lowest BCUT2D eigenvalue weighted by atomic mass is 10.1. The van der Waals surface area contributed by atoms with E-state index in [2.05, 4.69) is 48.2 Å². The summed E-state index contributed by atoms with van der Waals surface area (Å²) in [4.78, 5) is 17.7. The number of hydrogen-bond acceptors (Lipinski definition) is 2. The van der Waals surface area contributed by atoms with Crippen molar-refractivity contribution >= 4 is 17.2 Å². The smallest absolute Gasteiger partial charge is 0.223 e. The number of benzene rings is 1. The SMILES string of the molecule is Cc1ccc(CN(C(=O)CCCc2ccccc2)C2CCCC2)s1. The summed E-state index contributed by atoms with van der Waals surface area (Å²) in [5.74, 6) is 0.337. The summed E-state index contributed by atoms with van der Waals surface area (Å²) >= 11 is 1.82. The Balaban J connectivity index is 1.58. The average molecular weight is 342 g/mol. The van der Waals surface area contributed by atoms with Crippen molar-refractivity contribution in [2.75, 3.05) is 0 Å². The van der Waals surface area contributed by atoms with Gasteiger partial charge in [0, 0.05) is 22.2 Å². The van der Waals surface area contributed by atoms with Gasteiger partial charge < -0.3 is 4.90 Å². The highest BCUT2D eigenvalue weighted by Crippen LogP contribution is 2.27. The Morgan fingerprint density at radius 3 is 2.54 bits per heavy atom. The van der Waals surface area contributed by atoms with Crippen LogP contribution in [0, 0.1) is 6.92 Å². The van der Waals surface area contributed by atoms with E-state index in [1.165, 1.54) is 41.0 Å². The number of rotatable bonds is 7. The first kappa shape index (κ1) is 17.2. The summed E-state index contributed by atoms with van der Waals surface area (Å²) in [6.45, 7) is 2.93. The molecular formula is C21H27NOS. The van der Waals surface area contributed by atoms with Crippen LogP contribution >= 0.6 is 11.3 Å². The Kier molecular flexibility index (Phi) is 6.08. The molecule has 0 N–H and O–H groups in total. The first-order valence-electron chi connectivity index (χ1n) is 9.11. The summed E-state index contributed by atoms with van der Waals surface area (Å²) in [6, 6.07) is 15.3. The summed E-state index contributed by atoms with van der Waals surface area (Å²) in [7, 11) is 0. The third-order valence-electron chi connectivity index (χ3n) is 4.91. The number of carbonyl (C=O) groups is 1. The first-order chi connectivity index (χ1) is 11.7. The van der Waals surface area contributed by atoms with Crippen LogP contribution in [-0.4, -0.2) is 16.8 Å². The highest BCUT2D eigenvalue weighted by atomic mass is 32.1. The number of thiophene rings is 1. The molecule has 0 atom stereocenters. The van der Waals surface area contributed by atoms with Gasteiger partial charge in [0.1, 0.15) is 0 Å². The van der Waals surface area contributed by atoms with E-state index in [0.717, 1.165) is 19.4 Å². The molecule has 0 saturated heterocycles. The molecule has 1 fully saturated rings. The molecule has 0 aliphatic heterocycles. The van der Waals surface area contributed by atoms with Crippen LogP contribution in [0.3, 0.4) is 0 Å². The van der Waals surface area contributed by atoms with Gasteiger partial charge in [0.25, 0.3) is 0 Å². The lowest BCUT2D eigenvalue weighted by Gasteiger charge is -2.29. The van der Waals surface area contributed by atoms with Gasteiger partial charge in [-0.05, 0) is 50.3 Å². The fourth-order valence-electron chi connectivity index (χ4n) is 3.61. The lowest BCUT2D eigenvalue weighted by Crippen LogP contribution is -2.38. The van der Waals surface area contributed by atoms with Gasteiger partial charge in [-0.1, -0.05) is 43.2 Å². The molecule has 24 heavy (non-hydrogen) atoms. The second-order valence-corrected chi connectivity index (χ2v) is 8.18. The van der Waals surface area contributed by atoms with Crippen LogP contribution in [0.4, 0.5) is 0 Å². The zero-order valence-corrected chi connectivity index (χ0v) is 15.4. The maximum atomic E-state index is 12.9. The van der Waals surface area contributed by atoms with Crippen LogP contribution in [0.15, 0.2) is 42.5 Å². The molecule has 0 bridgehead atoms. The van der Waals surface area contributed by atoms with E-state index in [-0.39, 0.29) is 0 Å². The molecule has 3 heteroatoms. The number of aryl methyl sites for hydroxylation is 2. The topological polar surface area (TPSA) is 20.3 Å². The second kappa shape index (κ2) is 8.48. The average Bonchev–Trinajstić information content (AvgIpc) is 3.25. The number of carbonyl (C=O) groups excluding carboxylic acids is 1. The molecule has 0 unspecified atom stereocenters. The molecule has 0 spiro atoms. The second-order valence-electron chi connectivity index (χ2n) is 6.81. The zero-order chi connectivity index (χ0) is 16.8. The van der Waals surface area contributed by atoms with Crippen LogP contribution in [0.2, 0.25) is 0 Å². The van der Waals surface area contributed by atoms with Crippen molar-refractivity contribution in [1.82, 2.24) is 4.90 Å². The first-order valence-corrected chi connectivity index (χ1v) is 9.93. The summed E-state index contributed by atoms with van der Waals surface area (Å²) in [6.07, 6.45) is 7.47. The summed E-state index contributed by atoms with van der Waals surface area (Å²) < 4.78 is 0. The minimum atomic E-state index is 0.337. The molecule has 2 aromatic rings. The van der Waals surface area contributed by atoms with Crippen molar-refractivity contribution in [1.29, 1.82) is 0 Å². The fraction of sp³-hybridized carbons (Fsp3) is 0.476. The van der Waals surface area contributed by atoms with Gasteiger partial charge in [-0.3, -0.25) is 4.79 Å². The van der Waals surface area contributed by atoms with Crippen LogP contribution in [0.5, 0.6) is 0 Å². The van der Waals surface area contributed by atoms with Gasteiger partial charge in [-0.15, -0.1) is 11.3 Å². The predicted octanol–water partition coefficient (Wildman–Crippen LogP) is 5.35. The molecule has 0 radical (unpaired) electrons. The molecule has 1 amide bonds. The predicted molar refractivity (Wildman–Crippen MR) is 101 cm³/mol. The summed E-state index contributed by atoms with van der Waals surface area (Å²) in [5, 5.41) is 0. The van der Waals surface area contributed by atoms with Crippen LogP contribution in [0.25, 0.3) is 0 Å². The number of hydrogen-bond donors (Lipinski definition) is 0. The Hall–Kier alpha value is -1.61. The Morgan fingerprint density at radius 1 is 1.12 bits per heavy atom. The maximum absolute atomic E-state index is 12.9. The van der Waals surface area contributed by atoms with Crippen molar-refractivity contribution in [3.63, 3.8) is 0 Å². The van der Waals surface area contributed by atoms with E-state index in [1.807, 2.05) is 17.4 Å². The molecule has 1 aliphatic carbocycles. The standard InChI is InChI=1S/C21H27NOS/c1-17-14-15-20(24-17)16-22(19-11-5-6-12-19)21(23)13-7-10-18-8-3-2-4-9-18/h2-4,8-9,14-15,19H,5-7,10-13,16H2,1H3. The van der Waals surface area contributed by atoms with Gasteiger partial charge >= 0.3 is 0 Å². The van der Waals surface area contributed by atoms with E-state index >= 15 is 0 Å². The Labute approximate surface area is 149 Å². The van der Waals surface area contributed by atoms with E-state index in [4.69, 9.17) is 0 Å². The van der Waals surface area contributed by atoms with Crippen LogP contribution < -0.4 is 0 Å². The highest BCUT2D eigenvalue weighted by molar-refractivity contribution is 7.11. The quantitative estimate of drug-likeness (QED) is 0.664. The maximum Gasteiger partial charge on any atom is 0.223 e. The molecule has 1 aromatic carbocycles. The fourth-order valence-corrected chi connectivity index (χ4v) is 4.50. The largest absolute Gasteiger partial charge is 0.335 e. The van der Waals surface area contributed by atoms with Crippen molar-refractivity contribution in [3.8, 4) is 0 Å². The lowest BCUT2D eigenvalue weighted by molar-refractivity contribution is -0.134. The van der Waals surface area contributed by atoms with Crippen LogP contribution in [0.1, 0.15) is 53.8 Å². The molecule has 3 rings (SSSR count). The van der Waals surface area contributed by atoms with E-state index < -0.39 is 0 Å². The molecule has 1 heterocycles. The molecular weight excluding hydrogens is 314 g/mol. The zero-order valence-electron chi connectivity index (χ0n) is 14.5. The molecule has 1 saturated carbocycles. The van der Waals surface area contributed by atoms with Crippen molar-refractivity contribution < 1.29 is 4.79 Å². The number of nitrogens with zero attached hydrogens (tertiary/aromatic N) is 1. The van der Waals surface area contributed by atoms with Gasteiger partial charge in [0.05, 0.1) is 6.54 Å². The van der Waals surface area contributed by atoms with Crippen LogP contribution in [-0.2, 0) is 17.8 Å². The normalized spacial score (nSPS) is 14.9. The van der Waals surface area contributed by atoms with Crippen molar-refractivity contribution in [2.45, 2.75) is 64.5 Å². The van der Waals surface area contributed by atoms with E-state index in [1.54, 1.807) is 0 Å². The minimum absolute atomic E-state index is 0.337. The molecule has 128 valence electrons. The summed E-state index contributed by atoms with van der Waals surface area (Å²) in [5.41, 5.74) is 1.33. The molecule has 1 aliphatic rings. The third kappa shape index (κ3) is 4.70. The molecule has 1 aromatic heterocycles. The number of amides is 1. The van der Waals surface area contributed by atoms with E-state index in [9.17, 15) is 4.79 Å². The van der Waals surface area contributed by atoms with Gasteiger partial charge in [0.2, 0.25) is 5.91 Å².